The summed E-state index contributed by atoms with van der Waals surface area (Å²) in [6, 6.07) is 3.66. The van der Waals surface area contributed by atoms with E-state index in [0.717, 1.165) is 30.2 Å². The number of amides is 1. The molecule has 1 aromatic heterocycles. The molecule has 0 saturated carbocycles. The summed E-state index contributed by atoms with van der Waals surface area (Å²) in [7, 11) is 7.57. The summed E-state index contributed by atoms with van der Waals surface area (Å²) in [5, 5.41) is 10.2. The maximum absolute atomic E-state index is 12.2. The number of hydrogen-bond acceptors (Lipinski definition) is 11. The number of fused-ring (bicyclic) bond motifs is 1. The first kappa shape index (κ1) is 25.8. The van der Waals surface area contributed by atoms with Crippen LogP contribution in [0.15, 0.2) is 47.4 Å². The van der Waals surface area contributed by atoms with Gasteiger partial charge in [-0.1, -0.05) is 6.58 Å². The van der Waals surface area contributed by atoms with Gasteiger partial charge in [0.15, 0.2) is 5.82 Å². The van der Waals surface area contributed by atoms with Crippen molar-refractivity contribution in [2.24, 2.45) is 15.5 Å². The lowest BCUT2D eigenvalue weighted by atomic mass is 9.82. The molecule has 1 amide bonds. The van der Waals surface area contributed by atoms with E-state index in [2.05, 4.69) is 64.4 Å². The molecule has 194 valence electrons. The number of nitrogens with one attached hydrogen (secondary N) is 3. The predicted molar refractivity (Wildman–Crippen MR) is 147 cm³/mol. The van der Waals surface area contributed by atoms with Gasteiger partial charge in [-0.3, -0.25) is 10.2 Å². The van der Waals surface area contributed by atoms with Crippen LogP contribution in [0.25, 0.3) is 5.57 Å². The van der Waals surface area contributed by atoms with Crippen LogP contribution in [0.5, 0.6) is 5.75 Å². The maximum Gasteiger partial charge on any atom is 0.247 e. The SMILES string of the molecule is C=CC(=O)Nc1cc(Nc2ncnc(C3=CN=C4NN=CC4(C)C3)n2)c(OC)cc1N(C)CCN(C)C. The van der Waals surface area contributed by atoms with Crippen molar-refractivity contribution in [1.29, 1.82) is 0 Å². The first-order valence-corrected chi connectivity index (χ1v) is 11.8. The van der Waals surface area contributed by atoms with Crippen LogP contribution in [-0.4, -0.2) is 79.2 Å². The van der Waals surface area contributed by atoms with Crippen molar-refractivity contribution in [2.45, 2.75) is 13.3 Å². The molecule has 2 aromatic rings. The number of nitrogens with zero attached hydrogens (tertiary/aromatic N) is 7. The third-order valence-corrected chi connectivity index (χ3v) is 6.13. The second kappa shape index (κ2) is 10.7. The summed E-state index contributed by atoms with van der Waals surface area (Å²) in [6.45, 7) is 7.21. The van der Waals surface area contributed by atoms with Crippen LogP contribution in [0.3, 0.4) is 0 Å². The maximum atomic E-state index is 12.2. The number of carbonyl (C=O) groups is 1. The van der Waals surface area contributed by atoms with Crippen molar-refractivity contribution in [2.75, 3.05) is 56.9 Å². The Morgan fingerprint density at radius 2 is 2.05 bits per heavy atom. The van der Waals surface area contributed by atoms with E-state index in [4.69, 9.17) is 4.74 Å². The molecule has 0 aliphatic carbocycles. The average molecular weight is 505 g/mol. The largest absolute Gasteiger partial charge is 0.494 e. The number of aromatic nitrogens is 3. The van der Waals surface area contributed by atoms with E-state index in [-0.39, 0.29) is 11.3 Å². The zero-order valence-corrected chi connectivity index (χ0v) is 21.7. The molecule has 1 unspecified atom stereocenters. The van der Waals surface area contributed by atoms with Gasteiger partial charge in [0.05, 0.1) is 29.6 Å². The first-order valence-electron chi connectivity index (χ1n) is 11.8. The zero-order valence-electron chi connectivity index (χ0n) is 21.7. The number of anilines is 4. The van der Waals surface area contributed by atoms with Gasteiger partial charge >= 0.3 is 0 Å². The molecule has 0 radical (unpaired) electrons. The van der Waals surface area contributed by atoms with E-state index in [1.807, 2.05) is 33.4 Å². The quantitative estimate of drug-likeness (QED) is 0.418. The lowest BCUT2D eigenvalue weighted by Crippen LogP contribution is -2.33. The highest BCUT2D eigenvalue weighted by molar-refractivity contribution is 6.07. The molecule has 0 spiro atoms. The van der Waals surface area contributed by atoms with Crippen LogP contribution in [0, 0.1) is 5.41 Å². The van der Waals surface area contributed by atoms with Crippen LogP contribution in [0.4, 0.5) is 23.0 Å². The van der Waals surface area contributed by atoms with E-state index < -0.39 is 0 Å². The Kier molecular flexibility index (Phi) is 7.48. The van der Waals surface area contributed by atoms with Gasteiger partial charge in [0.2, 0.25) is 11.9 Å². The summed E-state index contributed by atoms with van der Waals surface area (Å²) in [6.07, 6.45) is 6.93. The third kappa shape index (κ3) is 5.75. The van der Waals surface area contributed by atoms with Crippen molar-refractivity contribution in [3.05, 3.63) is 43.1 Å². The van der Waals surface area contributed by atoms with E-state index >= 15 is 0 Å². The van der Waals surface area contributed by atoms with Crippen molar-refractivity contribution in [3.63, 3.8) is 0 Å². The standard InChI is InChI=1S/C25H32N10O2/c1-7-21(36)30-17-10-18(20(37-6)11-19(17)35(5)9-8-34(3)4)31-24-28-15-27-22(32-24)16-12-25(2)14-29-33-23(25)26-13-16/h7,10-11,13-15H,1,8-9,12H2,2-6H3,(H,26,33)(H,30,36)(H,27,28,31,32). The highest BCUT2D eigenvalue weighted by Gasteiger charge is 2.37. The van der Waals surface area contributed by atoms with Crippen molar-refractivity contribution < 1.29 is 9.53 Å². The molecule has 12 heteroatoms. The lowest BCUT2D eigenvalue weighted by Gasteiger charge is -2.26. The number of ether oxygens (including phenoxy) is 1. The molecular weight excluding hydrogens is 472 g/mol. The molecule has 3 N–H and O–H groups in total. The molecule has 0 saturated heterocycles. The summed E-state index contributed by atoms with van der Waals surface area (Å²) in [5.74, 6) is 1.90. The summed E-state index contributed by atoms with van der Waals surface area (Å²) in [4.78, 5) is 34.1. The molecular formula is C25H32N10O2. The Hall–Kier alpha value is -4.32. The van der Waals surface area contributed by atoms with E-state index in [1.165, 1.54) is 12.4 Å². The number of amidine groups is 1. The third-order valence-electron chi connectivity index (χ3n) is 6.13. The molecule has 0 bridgehead atoms. The molecule has 0 fully saturated rings. The Balaban J connectivity index is 1.64. The molecule has 2 aliphatic rings. The minimum atomic E-state index is -0.319. The fourth-order valence-corrected chi connectivity index (χ4v) is 3.99. The number of methoxy groups -OCH3 is 1. The Morgan fingerprint density at radius 1 is 1.24 bits per heavy atom. The Morgan fingerprint density at radius 3 is 2.78 bits per heavy atom. The van der Waals surface area contributed by atoms with Gasteiger partial charge < -0.3 is 25.2 Å². The first-order chi connectivity index (χ1) is 17.7. The normalized spacial score (nSPS) is 17.9. The van der Waals surface area contributed by atoms with Crippen LogP contribution in [0.2, 0.25) is 0 Å². The minimum Gasteiger partial charge on any atom is -0.494 e. The molecule has 1 atom stereocenters. The average Bonchev–Trinajstić information content (AvgIpc) is 3.28. The highest BCUT2D eigenvalue weighted by Crippen LogP contribution is 2.38. The van der Waals surface area contributed by atoms with Gasteiger partial charge in [-0.2, -0.15) is 10.1 Å². The topological polar surface area (TPSA) is 132 Å². The number of benzene rings is 1. The van der Waals surface area contributed by atoms with Crippen LogP contribution in [-0.2, 0) is 4.79 Å². The number of hydrogen-bond donors (Lipinski definition) is 3. The van der Waals surface area contributed by atoms with E-state index in [0.29, 0.717) is 35.3 Å². The number of allylic oxidation sites excluding steroid dienone is 1. The van der Waals surface area contributed by atoms with Crippen LogP contribution in [0.1, 0.15) is 19.2 Å². The summed E-state index contributed by atoms with van der Waals surface area (Å²) in [5.41, 5.74) is 5.47. The Labute approximate surface area is 216 Å². The fourth-order valence-electron chi connectivity index (χ4n) is 3.99. The number of aliphatic imine (C=N–C) groups is 1. The molecule has 3 heterocycles. The van der Waals surface area contributed by atoms with Crippen molar-refractivity contribution >= 4 is 46.5 Å². The monoisotopic (exact) mass is 504 g/mol. The van der Waals surface area contributed by atoms with Gasteiger partial charge in [0.1, 0.15) is 17.9 Å². The van der Waals surface area contributed by atoms with Gasteiger partial charge in [-0.05, 0) is 39.6 Å². The minimum absolute atomic E-state index is 0.316. The van der Waals surface area contributed by atoms with Gasteiger partial charge in [0.25, 0.3) is 0 Å². The molecule has 37 heavy (non-hydrogen) atoms. The number of rotatable bonds is 10. The van der Waals surface area contributed by atoms with Gasteiger partial charge in [0, 0.05) is 44.2 Å². The predicted octanol–water partition coefficient (Wildman–Crippen LogP) is 2.48. The molecule has 4 rings (SSSR count). The summed E-state index contributed by atoms with van der Waals surface area (Å²) >= 11 is 0. The van der Waals surface area contributed by atoms with Crippen molar-refractivity contribution in [1.82, 2.24) is 25.3 Å². The fraction of sp³-hybridized carbons (Fsp3) is 0.360. The molecule has 1 aromatic carbocycles. The second-order valence-electron chi connectivity index (χ2n) is 9.34. The number of carbonyl (C=O) groups excluding carboxylic acids is 1. The smallest absolute Gasteiger partial charge is 0.247 e. The summed E-state index contributed by atoms with van der Waals surface area (Å²) < 4.78 is 5.67. The van der Waals surface area contributed by atoms with Gasteiger partial charge in [-0.15, -0.1) is 0 Å². The van der Waals surface area contributed by atoms with E-state index in [9.17, 15) is 4.79 Å². The molecule has 12 nitrogen and oxygen atoms in total. The second-order valence-corrected chi connectivity index (χ2v) is 9.34. The highest BCUT2D eigenvalue weighted by atomic mass is 16.5. The Bertz CT molecular complexity index is 1290. The van der Waals surface area contributed by atoms with Crippen molar-refractivity contribution in [3.8, 4) is 5.75 Å². The van der Waals surface area contributed by atoms with Crippen LogP contribution >= 0.6 is 0 Å². The number of likely N-dealkylation sites (N-methyl/N-ethyl adjacent to an activating group) is 2. The lowest BCUT2D eigenvalue weighted by molar-refractivity contribution is -0.111. The van der Waals surface area contributed by atoms with E-state index in [1.54, 1.807) is 19.4 Å². The molecule has 2 aliphatic heterocycles. The zero-order chi connectivity index (χ0) is 26.6. The van der Waals surface area contributed by atoms with Crippen LogP contribution < -0.4 is 25.7 Å². The van der Waals surface area contributed by atoms with Gasteiger partial charge in [-0.25, -0.2) is 15.0 Å². The number of hydrazone groups is 1.